The third kappa shape index (κ3) is 4.55. The van der Waals surface area contributed by atoms with Gasteiger partial charge >= 0.3 is 12.4 Å². The summed E-state index contributed by atoms with van der Waals surface area (Å²) in [5, 5.41) is 6.49. The van der Waals surface area contributed by atoms with E-state index in [4.69, 9.17) is 0 Å². The number of benzene rings is 1. The van der Waals surface area contributed by atoms with Crippen molar-refractivity contribution in [2.45, 2.75) is 19.3 Å². The average molecular weight is 414 g/mol. The second-order valence-electron chi connectivity index (χ2n) is 6.01. The molecule has 152 valence electrons. The van der Waals surface area contributed by atoms with Crippen LogP contribution in [0.1, 0.15) is 27.3 Å². The van der Waals surface area contributed by atoms with Crippen LogP contribution in [0.15, 0.2) is 48.7 Å². The smallest absolute Gasteiger partial charge is 0.306 e. The van der Waals surface area contributed by atoms with Crippen LogP contribution >= 0.6 is 0 Å². The molecule has 1 aromatic carbocycles. The molecule has 0 aliphatic carbocycles. The molecule has 0 fully saturated rings. The maximum atomic E-state index is 13.0. The molecule has 0 atom stereocenters. The minimum absolute atomic E-state index is 0.0479. The lowest BCUT2D eigenvalue weighted by atomic mass is 10.2. The van der Waals surface area contributed by atoms with Gasteiger partial charge in [0.2, 0.25) is 0 Å². The molecule has 0 bridgehead atoms. The number of hydrogen-bond donors (Lipinski definition) is 1. The van der Waals surface area contributed by atoms with E-state index >= 15 is 0 Å². The molecule has 0 radical (unpaired) electrons. The van der Waals surface area contributed by atoms with Crippen LogP contribution in [0.5, 0.6) is 0 Å². The third-order valence-corrected chi connectivity index (χ3v) is 3.81. The van der Waals surface area contributed by atoms with E-state index in [1.54, 1.807) is 6.92 Å². The normalized spacial score (nSPS) is 12.1. The van der Waals surface area contributed by atoms with Gasteiger partial charge in [0.1, 0.15) is 11.5 Å². The van der Waals surface area contributed by atoms with Crippen molar-refractivity contribution in [2.75, 3.05) is 5.32 Å². The van der Waals surface area contributed by atoms with Crippen molar-refractivity contribution in [3.63, 3.8) is 0 Å². The van der Waals surface area contributed by atoms with Crippen LogP contribution in [0, 0.1) is 6.92 Å². The van der Waals surface area contributed by atoms with Gasteiger partial charge in [0.25, 0.3) is 5.91 Å². The molecule has 1 amide bonds. The fraction of sp³-hybridized carbons (Fsp3) is 0.167. The lowest BCUT2D eigenvalue weighted by molar-refractivity contribution is -0.141. The summed E-state index contributed by atoms with van der Waals surface area (Å²) in [6, 6.07) is 7.34. The Morgan fingerprint density at radius 3 is 2.31 bits per heavy atom. The van der Waals surface area contributed by atoms with E-state index in [0.717, 1.165) is 29.1 Å². The Balaban J connectivity index is 1.89. The first kappa shape index (κ1) is 20.4. The van der Waals surface area contributed by atoms with E-state index in [2.05, 4.69) is 15.4 Å². The van der Waals surface area contributed by atoms with E-state index in [1.807, 2.05) is 0 Å². The van der Waals surface area contributed by atoms with Gasteiger partial charge in [-0.1, -0.05) is 6.07 Å². The summed E-state index contributed by atoms with van der Waals surface area (Å²) in [6.45, 7) is 1.57. The first-order chi connectivity index (χ1) is 13.4. The van der Waals surface area contributed by atoms with Gasteiger partial charge in [-0.25, -0.2) is 4.68 Å². The Labute approximate surface area is 160 Å². The van der Waals surface area contributed by atoms with Gasteiger partial charge < -0.3 is 5.32 Å². The Bertz CT molecular complexity index is 1040. The molecule has 0 saturated carbocycles. The third-order valence-electron chi connectivity index (χ3n) is 3.81. The zero-order valence-electron chi connectivity index (χ0n) is 14.6. The van der Waals surface area contributed by atoms with E-state index < -0.39 is 29.5 Å². The Hall–Kier alpha value is -3.37. The number of halogens is 6. The average Bonchev–Trinajstić information content (AvgIpc) is 3.00. The number of nitrogens with zero attached hydrogens (tertiary/aromatic N) is 3. The molecule has 11 heteroatoms. The van der Waals surface area contributed by atoms with Gasteiger partial charge in [-0.2, -0.15) is 31.4 Å². The van der Waals surface area contributed by atoms with Crippen molar-refractivity contribution in [2.24, 2.45) is 0 Å². The number of pyridine rings is 1. The molecule has 29 heavy (non-hydrogen) atoms. The summed E-state index contributed by atoms with van der Waals surface area (Å²) in [5.74, 6) is -0.744. The zero-order valence-corrected chi connectivity index (χ0v) is 14.6. The topological polar surface area (TPSA) is 59.8 Å². The van der Waals surface area contributed by atoms with Crippen LogP contribution in [0.3, 0.4) is 0 Å². The zero-order chi connectivity index (χ0) is 21.4. The van der Waals surface area contributed by atoms with E-state index in [0.29, 0.717) is 11.8 Å². The molecule has 1 N–H and O–H groups in total. The molecular weight excluding hydrogens is 402 g/mol. The van der Waals surface area contributed by atoms with Crippen molar-refractivity contribution in [1.82, 2.24) is 14.8 Å². The van der Waals surface area contributed by atoms with Crippen LogP contribution in [0.2, 0.25) is 0 Å². The Morgan fingerprint density at radius 2 is 1.72 bits per heavy atom. The SMILES string of the molecule is Cc1cc(NC(=O)c2ccc(C(F)(F)F)nc2)n(-c2cccc(C(F)(F)F)c2)n1. The molecule has 3 rings (SSSR count). The van der Waals surface area contributed by atoms with Gasteiger partial charge in [0.05, 0.1) is 22.5 Å². The maximum absolute atomic E-state index is 13.0. The predicted octanol–water partition coefficient (Wildman–Crippen LogP) is 4.87. The molecule has 0 saturated heterocycles. The number of nitrogens with one attached hydrogen (secondary N) is 1. The van der Waals surface area contributed by atoms with Crippen molar-refractivity contribution in [3.8, 4) is 5.69 Å². The molecule has 5 nitrogen and oxygen atoms in total. The van der Waals surface area contributed by atoms with Crippen LogP contribution in [-0.4, -0.2) is 20.7 Å². The minimum Gasteiger partial charge on any atom is -0.306 e. The second kappa shape index (κ2) is 7.22. The monoisotopic (exact) mass is 414 g/mol. The largest absolute Gasteiger partial charge is 0.433 e. The van der Waals surface area contributed by atoms with Gasteiger partial charge in [0.15, 0.2) is 0 Å². The fourth-order valence-corrected chi connectivity index (χ4v) is 2.48. The molecule has 2 heterocycles. The maximum Gasteiger partial charge on any atom is 0.433 e. The standard InChI is InChI=1S/C18H12F6N4O/c1-10-7-15(26-16(29)11-5-6-14(25-9-11)18(22,23)24)28(27-10)13-4-2-3-12(8-13)17(19,20)21/h2-9H,1H3,(H,26,29). The Kier molecular flexibility index (Phi) is 5.07. The van der Waals surface area contributed by atoms with Crippen LogP contribution < -0.4 is 5.32 Å². The highest BCUT2D eigenvalue weighted by Crippen LogP contribution is 2.31. The molecule has 0 aliphatic heterocycles. The summed E-state index contributed by atoms with van der Waals surface area (Å²) in [4.78, 5) is 15.5. The molecule has 0 unspecified atom stereocenters. The van der Waals surface area contributed by atoms with Crippen LogP contribution in [0.25, 0.3) is 5.69 Å². The van der Waals surface area contributed by atoms with Gasteiger partial charge in [-0.15, -0.1) is 0 Å². The van der Waals surface area contributed by atoms with E-state index in [1.165, 1.54) is 18.2 Å². The highest BCUT2D eigenvalue weighted by Gasteiger charge is 2.32. The van der Waals surface area contributed by atoms with E-state index in [-0.39, 0.29) is 17.1 Å². The van der Waals surface area contributed by atoms with Gasteiger partial charge in [0, 0.05) is 12.3 Å². The molecular formula is C18H12F6N4O. The number of anilines is 1. The van der Waals surface area contributed by atoms with Gasteiger partial charge in [-0.05, 0) is 37.3 Å². The summed E-state index contributed by atoms with van der Waals surface area (Å²) in [7, 11) is 0. The number of aryl methyl sites for hydroxylation is 1. The summed E-state index contributed by atoms with van der Waals surface area (Å²) in [6.07, 6.45) is -8.45. The fourth-order valence-electron chi connectivity index (χ4n) is 2.48. The predicted molar refractivity (Wildman–Crippen MR) is 90.5 cm³/mol. The number of rotatable bonds is 3. The van der Waals surface area contributed by atoms with Crippen molar-refractivity contribution in [1.29, 1.82) is 0 Å². The number of carbonyl (C=O) groups excluding carboxylic acids is 1. The number of hydrogen-bond acceptors (Lipinski definition) is 3. The van der Waals surface area contributed by atoms with Crippen LogP contribution in [-0.2, 0) is 12.4 Å². The number of alkyl halides is 6. The summed E-state index contributed by atoms with van der Waals surface area (Å²) >= 11 is 0. The number of carbonyl (C=O) groups is 1. The lowest BCUT2D eigenvalue weighted by Gasteiger charge is -2.12. The molecule has 3 aromatic rings. The molecule has 0 aliphatic rings. The minimum atomic E-state index is -4.64. The van der Waals surface area contributed by atoms with Gasteiger partial charge in [-0.3, -0.25) is 9.78 Å². The first-order valence-corrected chi connectivity index (χ1v) is 8.04. The molecule has 0 spiro atoms. The van der Waals surface area contributed by atoms with Crippen molar-refractivity contribution < 1.29 is 31.1 Å². The molecule has 2 aromatic heterocycles. The Morgan fingerprint density at radius 1 is 1.00 bits per heavy atom. The van der Waals surface area contributed by atoms with Crippen molar-refractivity contribution in [3.05, 3.63) is 71.2 Å². The van der Waals surface area contributed by atoms with E-state index in [9.17, 15) is 31.1 Å². The highest BCUT2D eigenvalue weighted by molar-refractivity contribution is 6.03. The highest BCUT2D eigenvalue weighted by atomic mass is 19.4. The summed E-state index contributed by atoms with van der Waals surface area (Å²) in [5.41, 5.74) is -1.75. The van der Waals surface area contributed by atoms with Crippen LogP contribution in [0.4, 0.5) is 32.2 Å². The number of amides is 1. The second-order valence-corrected chi connectivity index (χ2v) is 6.01. The van der Waals surface area contributed by atoms with Crippen molar-refractivity contribution >= 4 is 11.7 Å². The first-order valence-electron chi connectivity index (χ1n) is 8.04. The quantitative estimate of drug-likeness (QED) is 0.623. The number of aromatic nitrogens is 3. The lowest BCUT2D eigenvalue weighted by Crippen LogP contribution is -2.16. The summed E-state index contributed by atoms with van der Waals surface area (Å²) < 4.78 is 77.7.